The molecule has 0 aliphatic carbocycles. The van der Waals surface area contributed by atoms with Gasteiger partial charge in [-0.15, -0.1) is 0 Å². The number of rotatable bonds is 4. The van der Waals surface area contributed by atoms with Crippen LogP contribution in [0, 0.1) is 0 Å². The van der Waals surface area contributed by atoms with Crippen LogP contribution >= 0.6 is 0 Å². The van der Waals surface area contributed by atoms with Gasteiger partial charge in [0.1, 0.15) is 0 Å². The van der Waals surface area contributed by atoms with Gasteiger partial charge in [-0.3, -0.25) is 9.59 Å². The number of hydrogen-bond donors (Lipinski definition) is 0. The highest BCUT2D eigenvalue weighted by molar-refractivity contribution is 5.97. The molecule has 4 nitrogen and oxygen atoms in total. The summed E-state index contributed by atoms with van der Waals surface area (Å²) >= 11 is 0. The molecule has 0 aromatic carbocycles. The van der Waals surface area contributed by atoms with Crippen LogP contribution in [-0.4, -0.2) is 48.3 Å². The molecule has 0 spiro atoms. The van der Waals surface area contributed by atoms with Gasteiger partial charge in [0, 0.05) is 25.7 Å². The molecule has 0 unspecified atom stereocenters. The Bertz CT molecular complexity index is 317. The molecule has 0 aromatic heterocycles. The molecule has 0 aromatic rings. The van der Waals surface area contributed by atoms with Crippen LogP contribution in [0.4, 0.5) is 0 Å². The lowest BCUT2D eigenvalue weighted by Gasteiger charge is -2.21. The SMILES string of the molecule is C=CC(=C)C(=O)N(C)CC(=O)N1CCCC1. The van der Waals surface area contributed by atoms with Crippen LogP contribution in [0.1, 0.15) is 12.8 Å². The van der Waals surface area contributed by atoms with Gasteiger partial charge >= 0.3 is 0 Å². The highest BCUT2D eigenvalue weighted by atomic mass is 16.2. The van der Waals surface area contributed by atoms with Crippen LogP contribution < -0.4 is 0 Å². The topological polar surface area (TPSA) is 40.6 Å². The number of amides is 2. The molecule has 2 amide bonds. The summed E-state index contributed by atoms with van der Waals surface area (Å²) in [5, 5.41) is 0. The van der Waals surface area contributed by atoms with Gasteiger partial charge in [-0.05, 0) is 12.8 Å². The van der Waals surface area contributed by atoms with Crippen molar-refractivity contribution in [2.24, 2.45) is 0 Å². The van der Waals surface area contributed by atoms with Crippen molar-refractivity contribution >= 4 is 11.8 Å². The summed E-state index contributed by atoms with van der Waals surface area (Å²) in [7, 11) is 1.60. The third-order valence-corrected chi connectivity index (χ3v) is 2.70. The predicted molar refractivity (Wildman–Crippen MR) is 62.8 cm³/mol. The summed E-state index contributed by atoms with van der Waals surface area (Å²) < 4.78 is 0. The molecule has 0 bridgehead atoms. The maximum Gasteiger partial charge on any atom is 0.253 e. The zero-order valence-corrected chi connectivity index (χ0v) is 9.74. The lowest BCUT2D eigenvalue weighted by molar-refractivity contribution is -0.136. The number of likely N-dealkylation sites (tertiary alicyclic amines) is 1. The Morgan fingerprint density at radius 3 is 2.44 bits per heavy atom. The highest BCUT2D eigenvalue weighted by Crippen LogP contribution is 2.08. The first-order valence-electron chi connectivity index (χ1n) is 5.41. The smallest absolute Gasteiger partial charge is 0.253 e. The van der Waals surface area contributed by atoms with Crippen molar-refractivity contribution in [2.75, 3.05) is 26.7 Å². The largest absolute Gasteiger partial charge is 0.341 e. The van der Waals surface area contributed by atoms with Gasteiger partial charge in [0.05, 0.1) is 6.54 Å². The second-order valence-corrected chi connectivity index (χ2v) is 3.98. The van der Waals surface area contributed by atoms with Crippen LogP contribution in [0.15, 0.2) is 24.8 Å². The van der Waals surface area contributed by atoms with Crippen molar-refractivity contribution < 1.29 is 9.59 Å². The number of likely N-dealkylation sites (N-methyl/N-ethyl adjacent to an activating group) is 1. The van der Waals surface area contributed by atoms with E-state index in [9.17, 15) is 9.59 Å². The minimum atomic E-state index is -0.248. The van der Waals surface area contributed by atoms with Crippen LogP contribution in [-0.2, 0) is 9.59 Å². The fourth-order valence-corrected chi connectivity index (χ4v) is 1.67. The minimum absolute atomic E-state index is 0.00483. The fraction of sp³-hybridized carbons (Fsp3) is 0.500. The van der Waals surface area contributed by atoms with Crippen molar-refractivity contribution in [1.82, 2.24) is 9.80 Å². The van der Waals surface area contributed by atoms with E-state index in [1.807, 2.05) is 0 Å². The van der Waals surface area contributed by atoms with E-state index in [1.54, 1.807) is 11.9 Å². The van der Waals surface area contributed by atoms with E-state index < -0.39 is 0 Å². The van der Waals surface area contributed by atoms with E-state index in [2.05, 4.69) is 13.2 Å². The van der Waals surface area contributed by atoms with Crippen LogP contribution in [0.2, 0.25) is 0 Å². The number of hydrogen-bond acceptors (Lipinski definition) is 2. The molecule has 4 heteroatoms. The molecule has 1 saturated heterocycles. The number of carbonyl (C=O) groups excluding carboxylic acids is 2. The summed E-state index contributed by atoms with van der Waals surface area (Å²) in [5.41, 5.74) is 0.316. The van der Waals surface area contributed by atoms with E-state index in [1.165, 1.54) is 11.0 Å². The Morgan fingerprint density at radius 2 is 1.94 bits per heavy atom. The van der Waals surface area contributed by atoms with E-state index in [0.717, 1.165) is 25.9 Å². The Kier molecular flexibility index (Phi) is 4.28. The molecule has 0 saturated carbocycles. The second kappa shape index (κ2) is 5.49. The minimum Gasteiger partial charge on any atom is -0.341 e. The summed E-state index contributed by atoms with van der Waals surface area (Å²) in [6.45, 7) is 8.78. The molecule has 1 heterocycles. The van der Waals surface area contributed by atoms with E-state index >= 15 is 0 Å². The first-order valence-corrected chi connectivity index (χ1v) is 5.41. The molecule has 0 atom stereocenters. The van der Waals surface area contributed by atoms with Crippen molar-refractivity contribution in [3.05, 3.63) is 24.8 Å². The van der Waals surface area contributed by atoms with Gasteiger partial charge < -0.3 is 9.80 Å². The Balaban J connectivity index is 2.46. The second-order valence-electron chi connectivity index (χ2n) is 3.98. The number of carbonyl (C=O) groups is 2. The summed E-state index contributed by atoms with van der Waals surface area (Å²) in [4.78, 5) is 26.5. The van der Waals surface area contributed by atoms with Gasteiger partial charge in [-0.2, -0.15) is 0 Å². The molecule has 88 valence electrons. The summed E-state index contributed by atoms with van der Waals surface area (Å²) in [6.07, 6.45) is 3.52. The van der Waals surface area contributed by atoms with Crippen LogP contribution in [0.3, 0.4) is 0 Å². The molecule has 1 fully saturated rings. The van der Waals surface area contributed by atoms with Gasteiger partial charge in [-0.1, -0.05) is 19.2 Å². The molecule has 1 aliphatic heterocycles. The average Bonchev–Trinajstić information content (AvgIpc) is 2.80. The normalized spacial score (nSPS) is 14.7. The van der Waals surface area contributed by atoms with Crippen molar-refractivity contribution in [2.45, 2.75) is 12.8 Å². The Labute approximate surface area is 96.2 Å². The average molecular weight is 222 g/mol. The standard InChI is InChI=1S/C12H18N2O2/c1-4-10(2)12(16)13(3)9-11(15)14-7-5-6-8-14/h4H,1-2,5-9H2,3H3. The lowest BCUT2D eigenvalue weighted by Crippen LogP contribution is -2.40. The molecule has 16 heavy (non-hydrogen) atoms. The van der Waals surface area contributed by atoms with Crippen molar-refractivity contribution in [3.8, 4) is 0 Å². The van der Waals surface area contributed by atoms with Gasteiger partial charge in [0.2, 0.25) is 5.91 Å². The predicted octanol–water partition coefficient (Wildman–Crippen LogP) is 0.809. The van der Waals surface area contributed by atoms with Gasteiger partial charge in [-0.25, -0.2) is 0 Å². The molecular formula is C12H18N2O2. The molecule has 0 N–H and O–H groups in total. The third-order valence-electron chi connectivity index (χ3n) is 2.70. The highest BCUT2D eigenvalue weighted by Gasteiger charge is 2.21. The first-order chi connectivity index (χ1) is 7.56. The van der Waals surface area contributed by atoms with Gasteiger partial charge in [0.15, 0.2) is 0 Å². The van der Waals surface area contributed by atoms with E-state index in [-0.39, 0.29) is 18.4 Å². The zero-order valence-electron chi connectivity index (χ0n) is 9.74. The third kappa shape index (κ3) is 2.95. The Morgan fingerprint density at radius 1 is 1.38 bits per heavy atom. The van der Waals surface area contributed by atoms with Crippen LogP contribution in [0.25, 0.3) is 0 Å². The molecule has 1 rings (SSSR count). The maximum atomic E-state index is 11.7. The molecule has 1 aliphatic rings. The summed E-state index contributed by atoms with van der Waals surface area (Å²) in [5.74, 6) is -0.243. The number of nitrogens with zero attached hydrogens (tertiary/aromatic N) is 2. The zero-order chi connectivity index (χ0) is 12.1. The monoisotopic (exact) mass is 222 g/mol. The first kappa shape index (κ1) is 12.5. The van der Waals surface area contributed by atoms with Crippen LogP contribution in [0.5, 0.6) is 0 Å². The maximum absolute atomic E-state index is 11.7. The van der Waals surface area contributed by atoms with E-state index in [4.69, 9.17) is 0 Å². The van der Waals surface area contributed by atoms with Gasteiger partial charge in [0.25, 0.3) is 5.91 Å². The molecule has 0 radical (unpaired) electrons. The molecular weight excluding hydrogens is 204 g/mol. The van der Waals surface area contributed by atoms with E-state index in [0.29, 0.717) is 5.57 Å². The van der Waals surface area contributed by atoms with Crippen molar-refractivity contribution in [1.29, 1.82) is 0 Å². The lowest BCUT2D eigenvalue weighted by atomic mass is 10.2. The summed E-state index contributed by atoms with van der Waals surface area (Å²) in [6, 6.07) is 0. The Hall–Kier alpha value is -1.58. The quantitative estimate of drug-likeness (QED) is 0.521. The fourth-order valence-electron chi connectivity index (χ4n) is 1.67. The van der Waals surface area contributed by atoms with Crippen molar-refractivity contribution in [3.63, 3.8) is 0 Å².